The predicted molar refractivity (Wildman–Crippen MR) is 92.6 cm³/mol. The van der Waals surface area contributed by atoms with Crippen molar-refractivity contribution < 1.29 is 5.11 Å². The number of nitrogens with zero attached hydrogens (tertiary/aromatic N) is 1. The molecule has 0 heterocycles. The zero-order valence-corrected chi connectivity index (χ0v) is 14.3. The molecule has 0 amide bonds. The molecule has 1 N–H and O–H groups in total. The van der Waals surface area contributed by atoms with E-state index in [1.54, 1.807) is 0 Å². The molecule has 0 saturated carbocycles. The molecule has 2 nitrogen and oxygen atoms in total. The van der Waals surface area contributed by atoms with Gasteiger partial charge in [0.2, 0.25) is 0 Å². The summed E-state index contributed by atoms with van der Waals surface area (Å²) in [4.78, 5) is 3.74. The van der Waals surface area contributed by atoms with E-state index in [1.807, 2.05) is 21.6 Å². The van der Waals surface area contributed by atoms with Crippen molar-refractivity contribution in [3.05, 3.63) is 29.8 Å². The van der Waals surface area contributed by atoms with E-state index in [2.05, 4.69) is 43.0 Å². The Morgan fingerprint density at radius 3 is 2.55 bits per heavy atom. The minimum atomic E-state index is 0.261. The zero-order chi connectivity index (χ0) is 14.6. The highest BCUT2D eigenvalue weighted by molar-refractivity contribution is 8.76. The normalized spacial score (nSPS) is 11.2. The summed E-state index contributed by atoms with van der Waals surface area (Å²) in [6, 6.07) is 8.71. The van der Waals surface area contributed by atoms with Crippen LogP contribution in [0, 0.1) is 0 Å². The summed E-state index contributed by atoms with van der Waals surface area (Å²) in [6.07, 6.45) is 3.51. The lowest BCUT2D eigenvalue weighted by molar-refractivity contribution is 0.203. The van der Waals surface area contributed by atoms with E-state index in [0.29, 0.717) is 0 Å². The first kappa shape index (κ1) is 17.9. The van der Waals surface area contributed by atoms with Crippen LogP contribution in [0.3, 0.4) is 0 Å². The van der Waals surface area contributed by atoms with Crippen LogP contribution in [0.5, 0.6) is 0 Å². The predicted octanol–water partition coefficient (Wildman–Crippen LogP) is 4.08. The van der Waals surface area contributed by atoms with Crippen LogP contribution in [0.2, 0.25) is 0 Å². The minimum Gasteiger partial charge on any atom is -0.395 e. The maximum atomic E-state index is 9.04. The summed E-state index contributed by atoms with van der Waals surface area (Å²) in [5.74, 6) is 1.10. The van der Waals surface area contributed by atoms with Gasteiger partial charge in [0.15, 0.2) is 0 Å². The van der Waals surface area contributed by atoms with Gasteiger partial charge in [-0.2, -0.15) is 0 Å². The Hall–Kier alpha value is -0.160. The van der Waals surface area contributed by atoms with Gasteiger partial charge in [-0.15, -0.1) is 0 Å². The van der Waals surface area contributed by atoms with Crippen molar-refractivity contribution >= 4 is 21.6 Å². The molecule has 0 aliphatic carbocycles. The summed E-state index contributed by atoms with van der Waals surface area (Å²) in [6.45, 7) is 7.61. The molecule has 114 valence electrons. The summed E-state index contributed by atoms with van der Waals surface area (Å²) in [5.41, 5.74) is 1.47. The van der Waals surface area contributed by atoms with Crippen molar-refractivity contribution in [3.63, 3.8) is 0 Å². The molecule has 0 spiro atoms. The molecule has 0 atom stereocenters. The van der Waals surface area contributed by atoms with Crippen LogP contribution in [0.25, 0.3) is 0 Å². The molecule has 1 aromatic carbocycles. The molecule has 0 bridgehead atoms. The van der Waals surface area contributed by atoms with E-state index in [-0.39, 0.29) is 6.61 Å². The Balaban J connectivity index is 2.32. The molecular formula is C16H27NOS2. The van der Waals surface area contributed by atoms with Gasteiger partial charge in [0.05, 0.1) is 6.61 Å². The van der Waals surface area contributed by atoms with E-state index < -0.39 is 0 Å². The lowest BCUT2D eigenvalue weighted by atomic mass is 10.1. The average molecular weight is 314 g/mol. The number of aliphatic hydroxyl groups is 1. The van der Waals surface area contributed by atoms with Gasteiger partial charge in [0.1, 0.15) is 0 Å². The summed E-state index contributed by atoms with van der Waals surface area (Å²) < 4.78 is 0. The molecule has 0 aromatic heterocycles. The van der Waals surface area contributed by atoms with Crippen LogP contribution in [-0.4, -0.2) is 42.0 Å². The fraction of sp³-hybridized carbons (Fsp3) is 0.625. The van der Waals surface area contributed by atoms with Crippen LogP contribution in [0.15, 0.2) is 29.2 Å². The average Bonchev–Trinajstić information content (AvgIpc) is 2.46. The second kappa shape index (κ2) is 11.5. The third-order valence-corrected chi connectivity index (χ3v) is 5.52. The topological polar surface area (TPSA) is 23.5 Å². The number of hydrogen-bond acceptors (Lipinski definition) is 4. The van der Waals surface area contributed by atoms with Crippen LogP contribution >= 0.6 is 21.6 Å². The highest BCUT2D eigenvalue weighted by Crippen LogP contribution is 2.33. The molecule has 0 unspecified atom stereocenters. The maximum Gasteiger partial charge on any atom is 0.0558 e. The first-order valence-corrected chi connectivity index (χ1v) is 9.84. The number of aryl methyl sites for hydroxylation is 1. The van der Waals surface area contributed by atoms with Crippen molar-refractivity contribution in [2.24, 2.45) is 0 Å². The Morgan fingerprint density at radius 2 is 1.85 bits per heavy atom. The number of aliphatic hydroxyl groups excluding tert-OH is 1. The van der Waals surface area contributed by atoms with E-state index in [0.717, 1.165) is 38.2 Å². The lowest BCUT2D eigenvalue weighted by Gasteiger charge is -2.19. The van der Waals surface area contributed by atoms with Gasteiger partial charge in [-0.1, -0.05) is 60.1 Å². The van der Waals surface area contributed by atoms with Gasteiger partial charge in [-0.25, -0.2) is 0 Å². The smallest absolute Gasteiger partial charge is 0.0558 e. The molecule has 0 fully saturated rings. The lowest BCUT2D eigenvalue weighted by Crippen LogP contribution is -2.29. The fourth-order valence-corrected chi connectivity index (χ4v) is 4.42. The van der Waals surface area contributed by atoms with Gasteiger partial charge in [-0.3, -0.25) is 0 Å². The van der Waals surface area contributed by atoms with Gasteiger partial charge < -0.3 is 10.0 Å². The van der Waals surface area contributed by atoms with E-state index in [4.69, 9.17) is 5.11 Å². The number of rotatable bonds is 11. The van der Waals surface area contributed by atoms with Crippen molar-refractivity contribution in [1.82, 2.24) is 4.90 Å². The Bertz CT molecular complexity index is 354. The Kier molecular flexibility index (Phi) is 10.3. The first-order chi connectivity index (χ1) is 9.81. The monoisotopic (exact) mass is 313 g/mol. The van der Waals surface area contributed by atoms with Gasteiger partial charge >= 0.3 is 0 Å². The van der Waals surface area contributed by atoms with Crippen LogP contribution in [0.4, 0.5) is 0 Å². The van der Waals surface area contributed by atoms with Gasteiger partial charge in [0, 0.05) is 23.7 Å². The molecule has 0 radical (unpaired) electrons. The molecule has 1 aromatic rings. The largest absolute Gasteiger partial charge is 0.395 e. The highest BCUT2D eigenvalue weighted by atomic mass is 33.1. The summed E-state index contributed by atoms with van der Waals surface area (Å²) in [5, 5.41) is 9.04. The molecule has 0 aliphatic rings. The third kappa shape index (κ3) is 7.02. The van der Waals surface area contributed by atoms with Gasteiger partial charge in [-0.05, 0) is 31.0 Å². The van der Waals surface area contributed by atoms with Crippen molar-refractivity contribution in [1.29, 1.82) is 0 Å². The van der Waals surface area contributed by atoms with E-state index in [9.17, 15) is 0 Å². The number of hydrogen-bond donors (Lipinski definition) is 1. The summed E-state index contributed by atoms with van der Waals surface area (Å²) >= 11 is 0. The molecule has 4 heteroatoms. The second-order valence-corrected chi connectivity index (χ2v) is 7.29. The van der Waals surface area contributed by atoms with Crippen LogP contribution in [-0.2, 0) is 6.42 Å². The van der Waals surface area contributed by atoms with E-state index in [1.165, 1.54) is 16.9 Å². The van der Waals surface area contributed by atoms with Crippen molar-refractivity contribution in [2.75, 3.05) is 32.0 Å². The molecule has 1 rings (SSSR count). The standard InChI is InChI=1S/C16H27NOS2/c1-3-7-15-8-5-6-9-16(15)20-19-14-12-17(10-4-2)11-13-18/h5-6,8-9,18H,3-4,7,10-14H2,1-2H3. The quantitative estimate of drug-likeness (QED) is 0.491. The van der Waals surface area contributed by atoms with Crippen LogP contribution in [0.1, 0.15) is 32.3 Å². The van der Waals surface area contributed by atoms with Crippen molar-refractivity contribution in [3.8, 4) is 0 Å². The minimum absolute atomic E-state index is 0.261. The molecule has 0 saturated heterocycles. The van der Waals surface area contributed by atoms with Gasteiger partial charge in [0.25, 0.3) is 0 Å². The zero-order valence-electron chi connectivity index (χ0n) is 12.7. The SMILES string of the molecule is CCCc1ccccc1SSCCN(CCC)CCO. The fourth-order valence-electron chi connectivity index (χ4n) is 2.13. The number of benzene rings is 1. The molecular weight excluding hydrogens is 286 g/mol. The van der Waals surface area contributed by atoms with Crippen molar-refractivity contribution in [2.45, 2.75) is 38.0 Å². The molecule has 0 aliphatic heterocycles. The first-order valence-electron chi connectivity index (χ1n) is 7.52. The highest BCUT2D eigenvalue weighted by Gasteiger charge is 2.05. The maximum absolute atomic E-state index is 9.04. The van der Waals surface area contributed by atoms with Crippen LogP contribution < -0.4 is 0 Å². The third-order valence-electron chi connectivity index (χ3n) is 3.09. The Morgan fingerprint density at radius 1 is 1.05 bits per heavy atom. The van der Waals surface area contributed by atoms with E-state index >= 15 is 0 Å². The Labute approximate surface area is 131 Å². The molecule has 20 heavy (non-hydrogen) atoms. The second-order valence-electron chi connectivity index (χ2n) is 4.83. The summed E-state index contributed by atoms with van der Waals surface area (Å²) in [7, 11) is 3.81.